The molecule has 5 nitrogen and oxygen atoms in total. The van der Waals surface area contributed by atoms with Crippen molar-refractivity contribution in [2.45, 2.75) is 24.3 Å². The van der Waals surface area contributed by atoms with Gasteiger partial charge in [-0.3, -0.25) is 4.90 Å². The minimum Gasteiger partial charge on any atom is -0.379 e. The lowest BCUT2D eigenvalue weighted by atomic mass is 10.2. The monoisotopic (exact) mass is 404 g/mol. The summed E-state index contributed by atoms with van der Waals surface area (Å²) in [5.74, 6) is 1.83. The quantitative estimate of drug-likeness (QED) is 0.771. The van der Waals surface area contributed by atoms with Gasteiger partial charge in [0.25, 0.3) is 0 Å². The zero-order valence-electron chi connectivity index (χ0n) is 14.5. The zero-order chi connectivity index (χ0) is 17.9. The van der Waals surface area contributed by atoms with Crippen LogP contribution in [0.3, 0.4) is 0 Å². The number of ether oxygens (including phenoxy) is 1. The maximum absolute atomic E-state index is 13.4. The van der Waals surface area contributed by atoms with Gasteiger partial charge in [0, 0.05) is 43.0 Å². The fraction of sp³-hybridized carbons (Fsp3) is 0.647. The first-order valence-electron chi connectivity index (χ1n) is 8.64. The molecule has 1 aromatic carbocycles. The van der Waals surface area contributed by atoms with E-state index in [1.807, 2.05) is 18.7 Å². The summed E-state index contributed by atoms with van der Waals surface area (Å²) in [6.07, 6.45) is 0.878. The number of aryl methyl sites for hydroxylation is 1. The highest BCUT2D eigenvalue weighted by Gasteiger charge is 2.34. The Hall–Kier alpha value is -0.310. The molecule has 0 aliphatic carbocycles. The lowest BCUT2D eigenvalue weighted by molar-refractivity contribution is 0.0309. The summed E-state index contributed by atoms with van der Waals surface area (Å²) in [5, 5.41) is 0.457. The van der Waals surface area contributed by atoms with E-state index in [4.69, 9.17) is 16.3 Å². The number of halogens is 1. The third kappa shape index (κ3) is 4.70. The molecule has 2 aliphatic rings. The highest BCUT2D eigenvalue weighted by atomic mass is 35.5. The SMILES string of the molecule is Cc1ccc(Cl)cc1S(=O)(=O)N1CCCSCC1CN1CCOCC1. The molecule has 2 heterocycles. The van der Waals surface area contributed by atoms with Gasteiger partial charge in [0.05, 0.1) is 18.1 Å². The first-order valence-corrected chi connectivity index (χ1v) is 11.6. The third-order valence-electron chi connectivity index (χ3n) is 4.69. The predicted molar refractivity (Wildman–Crippen MR) is 103 cm³/mol. The van der Waals surface area contributed by atoms with E-state index in [0.717, 1.165) is 56.3 Å². The lowest BCUT2D eigenvalue weighted by Crippen LogP contribution is -2.50. The molecular weight excluding hydrogens is 380 g/mol. The van der Waals surface area contributed by atoms with Gasteiger partial charge in [0.15, 0.2) is 0 Å². The molecule has 0 spiro atoms. The van der Waals surface area contributed by atoms with Crippen LogP contribution in [0.1, 0.15) is 12.0 Å². The molecule has 25 heavy (non-hydrogen) atoms. The fourth-order valence-corrected chi connectivity index (χ4v) is 6.62. The second kappa shape index (κ2) is 8.59. The molecule has 1 unspecified atom stereocenters. The number of thioether (sulfide) groups is 1. The largest absolute Gasteiger partial charge is 0.379 e. The highest BCUT2D eigenvalue weighted by Crippen LogP contribution is 2.28. The van der Waals surface area contributed by atoms with Gasteiger partial charge < -0.3 is 4.74 Å². The molecule has 3 rings (SSSR count). The normalized spacial score (nSPS) is 24.2. The van der Waals surface area contributed by atoms with Crippen LogP contribution in [0.15, 0.2) is 23.1 Å². The molecule has 0 N–H and O–H groups in total. The van der Waals surface area contributed by atoms with Crippen LogP contribution in [0.25, 0.3) is 0 Å². The van der Waals surface area contributed by atoms with E-state index in [9.17, 15) is 8.42 Å². The van der Waals surface area contributed by atoms with Crippen LogP contribution in [0.4, 0.5) is 0 Å². The van der Waals surface area contributed by atoms with Crippen LogP contribution in [0.5, 0.6) is 0 Å². The lowest BCUT2D eigenvalue weighted by Gasteiger charge is -2.35. The highest BCUT2D eigenvalue weighted by molar-refractivity contribution is 7.99. The van der Waals surface area contributed by atoms with Crippen molar-refractivity contribution >= 4 is 33.4 Å². The number of rotatable bonds is 4. The Morgan fingerprint density at radius 2 is 2.04 bits per heavy atom. The summed E-state index contributed by atoms with van der Waals surface area (Å²) in [7, 11) is -3.56. The van der Waals surface area contributed by atoms with Crippen molar-refractivity contribution in [1.82, 2.24) is 9.21 Å². The van der Waals surface area contributed by atoms with Crippen LogP contribution < -0.4 is 0 Å². The van der Waals surface area contributed by atoms with Gasteiger partial charge in [0.1, 0.15) is 0 Å². The van der Waals surface area contributed by atoms with Crippen molar-refractivity contribution in [3.05, 3.63) is 28.8 Å². The van der Waals surface area contributed by atoms with E-state index >= 15 is 0 Å². The van der Waals surface area contributed by atoms with Gasteiger partial charge in [-0.15, -0.1) is 0 Å². The summed E-state index contributed by atoms with van der Waals surface area (Å²) >= 11 is 7.92. The predicted octanol–water partition coefficient (Wildman–Crippen LogP) is 2.48. The van der Waals surface area contributed by atoms with E-state index in [1.54, 1.807) is 22.5 Å². The molecule has 0 radical (unpaired) electrons. The van der Waals surface area contributed by atoms with E-state index in [1.165, 1.54) is 0 Å². The zero-order valence-corrected chi connectivity index (χ0v) is 16.9. The Kier molecular flexibility index (Phi) is 6.68. The average molecular weight is 405 g/mol. The number of sulfonamides is 1. The first-order chi connectivity index (χ1) is 12.0. The smallest absolute Gasteiger partial charge is 0.243 e. The number of hydrogen-bond donors (Lipinski definition) is 0. The molecule has 2 aliphatic heterocycles. The summed E-state index contributed by atoms with van der Waals surface area (Å²) in [6, 6.07) is 5.07. The van der Waals surface area contributed by atoms with E-state index in [-0.39, 0.29) is 6.04 Å². The minimum atomic E-state index is -3.56. The molecular formula is C17H25ClN2O3S2. The van der Waals surface area contributed by atoms with Crippen molar-refractivity contribution in [2.75, 3.05) is 50.9 Å². The van der Waals surface area contributed by atoms with Crippen LogP contribution in [-0.2, 0) is 14.8 Å². The van der Waals surface area contributed by atoms with Gasteiger partial charge in [-0.1, -0.05) is 17.7 Å². The van der Waals surface area contributed by atoms with Crippen LogP contribution >= 0.6 is 23.4 Å². The maximum atomic E-state index is 13.4. The average Bonchev–Trinajstić information content (AvgIpc) is 2.84. The van der Waals surface area contributed by atoms with Crippen molar-refractivity contribution in [1.29, 1.82) is 0 Å². The van der Waals surface area contributed by atoms with Crippen LogP contribution in [-0.4, -0.2) is 74.6 Å². The number of morpholine rings is 1. The summed E-state index contributed by atoms with van der Waals surface area (Å²) in [5.41, 5.74) is 0.742. The Balaban J connectivity index is 1.87. The van der Waals surface area contributed by atoms with Gasteiger partial charge in [-0.2, -0.15) is 16.1 Å². The Morgan fingerprint density at radius 1 is 1.28 bits per heavy atom. The molecule has 2 saturated heterocycles. The summed E-state index contributed by atoms with van der Waals surface area (Å²) in [6.45, 7) is 6.33. The van der Waals surface area contributed by atoms with E-state index in [2.05, 4.69) is 4.90 Å². The number of hydrogen-bond acceptors (Lipinski definition) is 5. The van der Waals surface area contributed by atoms with Crippen molar-refractivity contribution < 1.29 is 13.2 Å². The molecule has 1 atom stereocenters. The number of benzene rings is 1. The van der Waals surface area contributed by atoms with Gasteiger partial charge in [-0.25, -0.2) is 8.42 Å². The molecule has 2 fully saturated rings. The van der Waals surface area contributed by atoms with Gasteiger partial charge >= 0.3 is 0 Å². The van der Waals surface area contributed by atoms with Crippen LogP contribution in [0.2, 0.25) is 5.02 Å². The Morgan fingerprint density at radius 3 is 2.80 bits per heavy atom. The van der Waals surface area contributed by atoms with Crippen molar-refractivity contribution in [2.24, 2.45) is 0 Å². The van der Waals surface area contributed by atoms with Gasteiger partial charge in [-0.05, 0) is 36.8 Å². The fourth-order valence-electron chi connectivity index (χ4n) is 3.33. The number of nitrogens with zero attached hydrogens (tertiary/aromatic N) is 2. The third-order valence-corrected chi connectivity index (χ3v) is 8.22. The molecule has 8 heteroatoms. The van der Waals surface area contributed by atoms with Crippen molar-refractivity contribution in [3.63, 3.8) is 0 Å². The molecule has 0 amide bonds. The standard InChI is InChI=1S/C17H25ClN2O3S2/c1-14-3-4-15(18)11-17(14)25(21,22)20-5-2-10-24-13-16(20)12-19-6-8-23-9-7-19/h3-4,11,16H,2,5-10,12-13H2,1H3. The van der Waals surface area contributed by atoms with Crippen molar-refractivity contribution in [3.8, 4) is 0 Å². The van der Waals surface area contributed by atoms with Gasteiger partial charge in [0.2, 0.25) is 10.0 Å². The first kappa shape index (κ1) is 19.5. The Labute approximate surface area is 159 Å². The summed E-state index contributed by atoms with van der Waals surface area (Å²) in [4.78, 5) is 2.65. The molecule has 0 saturated carbocycles. The Bertz CT molecular complexity index is 693. The second-order valence-electron chi connectivity index (χ2n) is 6.52. The van der Waals surface area contributed by atoms with E-state index in [0.29, 0.717) is 16.5 Å². The minimum absolute atomic E-state index is 0.0195. The van der Waals surface area contributed by atoms with Crippen LogP contribution in [0, 0.1) is 6.92 Å². The van der Waals surface area contributed by atoms with E-state index < -0.39 is 10.0 Å². The second-order valence-corrected chi connectivity index (χ2v) is 9.97. The molecule has 140 valence electrons. The summed E-state index contributed by atoms with van der Waals surface area (Å²) < 4.78 is 33.9. The molecule has 0 aromatic heterocycles. The molecule has 1 aromatic rings. The topological polar surface area (TPSA) is 49.9 Å². The molecule has 0 bridgehead atoms. The maximum Gasteiger partial charge on any atom is 0.243 e.